The first-order valence-corrected chi connectivity index (χ1v) is 4.17. The van der Waals surface area contributed by atoms with Gasteiger partial charge in [0.2, 0.25) is 0 Å². The second-order valence-corrected chi connectivity index (χ2v) is 2.60. The zero-order valence-corrected chi connectivity index (χ0v) is 6.82. The van der Waals surface area contributed by atoms with E-state index < -0.39 is 0 Å². The van der Waals surface area contributed by atoms with Gasteiger partial charge in [-0.1, -0.05) is 35.7 Å². The Morgan fingerprint density at radius 2 is 2.25 bits per heavy atom. The highest BCUT2D eigenvalue weighted by Gasteiger charge is 1.97. The zero-order valence-electron chi connectivity index (χ0n) is 5.23. The van der Waals surface area contributed by atoms with Crippen molar-refractivity contribution in [1.82, 2.24) is 0 Å². The first kappa shape index (κ1) is 8.44. The van der Waals surface area contributed by atoms with Gasteiger partial charge in [-0.3, -0.25) is 0 Å². The summed E-state index contributed by atoms with van der Waals surface area (Å²) in [6.07, 6.45) is 3.11. The minimum Gasteiger partial charge on any atom is -0.392 e. The van der Waals surface area contributed by atoms with Crippen LogP contribution in [0.15, 0.2) is 0 Å². The lowest BCUT2D eigenvalue weighted by molar-refractivity contribution is 0.187. The van der Waals surface area contributed by atoms with Crippen LogP contribution in [0.4, 0.5) is 0 Å². The Bertz CT molecular complexity index is 47.8. The van der Waals surface area contributed by atoms with E-state index in [1.807, 2.05) is 0 Å². The quantitative estimate of drug-likeness (QED) is 0.657. The Morgan fingerprint density at radius 3 is 2.62 bits per heavy atom. The van der Waals surface area contributed by atoms with Gasteiger partial charge < -0.3 is 5.11 Å². The van der Waals surface area contributed by atoms with Crippen molar-refractivity contribution in [2.75, 3.05) is 5.33 Å². The van der Waals surface area contributed by atoms with E-state index in [4.69, 9.17) is 5.11 Å². The molecule has 0 aliphatic carbocycles. The van der Waals surface area contributed by atoms with Crippen molar-refractivity contribution in [3.8, 4) is 0 Å². The Morgan fingerprint density at radius 1 is 1.62 bits per heavy atom. The summed E-state index contributed by atoms with van der Waals surface area (Å²) in [7, 11) is 0. The summed E-state index contributed by atoms with van der Waals surface area (Å²) in [5.74, 6) is 0. The van der Waals surface area contributed by atoms with Crippen LogP contribution < -0.4 is 0 Å². The summed E-state index contributed by atoms with van der Waals surface area (Å²) in [6, 6.07) is 0. The number of hydrogen-bond donors (Lipinski definition) is 1. The fourth-order valence-electron chi connectivity index (χ4n) is 0.517. The van der Waals surface area contributed by atoms with Gasteiger partial charge in [0.05, 0.1) is 6.10 Å². The molecule has 0 heterocycles. The summed E-state index contributed by atoms with van der Waals surface area (Å²) < 4.78 is 0. The third kappa shape index (κ3) is 4.60. The van der Waals surface area contributed by atoms with Gasteiger partial charge in [-0.25, -0.2) is 0 Å². The lowest BCUT2D eigenvalue weighted by Gasteiger charge is -2.02. The van der Waals surface area contributed by atoms with Crippen LogP contribution in [-0.2, 0) is 0 Å². The van der Waals surface area contributed by atoms with Crippen LogP contribution in [-0.4, -0.2) is 16.5 Å². The Labute approximate surface area is 59.2 Å². The van der Waals surface area contributed by atoms with E-state index in [0.29, 0.717) is 5.33 Å². The van der Waals surface area contributed by atoms with Crippen LogP contribution in [0, 0.1) is 0 Å². The number of rotatable bonds is 4. The molecule has 0 aromatic carbocycles. The highest BCUT2D eigenvalue weighted by molar-refractivity contribution is 9.09. The minimum absolute atomic E-state index is 0.130. The lowest BCUT2D eigenvalue weighted by atomic mass is 10.2. The SMILES string of the molecule is CCCC[C@@H](O)CBr. The third-order valence-corrected chi connectivity index (χ3v) is 1.82. The fourth-order valence-corrected chi connectivity index (χ4v) is 0.841. The van der Waals surface area contributed by atoms with Gasteiger partial charge in [-0.05, 0) is 6.42 Å². The Kier molecular flexibility index (Phi) is 5.88. The molecule has 8 heavy (non-hydrogen) atoms. The molecule has 50 valence electrons. The van der Waals surface area contributed by atoms with Crippen molar-refractivity contribution in [1.29, 1.82) is 0 Å². The molecule has 1 nitrogen and oxygen atoms in total. The van der Waals surface area contributed by atoms with Crippen LogP contribution in [0.25, 0.3) is 0 Å². The summed E-state index contributed by atoms with van der Waals surface area (Å²) >= 11 is 3.19. The first-order valence-electron chi connectivity index (χ1n) is 3.05. The fraction of sp³-hybridized carbons (Fsp3) is 1.00. The largest absolute Gasteiger partial charge is 0.392 e. The van der Waals surface area contributed by atoms with E-state index >= 15 is 0 Å². The molecular formula is C6H13BrO. The van der Waals surface area contributed by atoms with Crippen molar-refractivity contribution >= 4 is 15.9 Å². The van der Waals surface area contributed by atoms with Gasteiger partial charge in [-0.15, -0.1) is 0 Å². The van der Waals surface area contributed by atoms with Gasteiger partial charge >= 0.3 is 0 Å². The molecule has 0 aromatic rings. The summed E-state index contributed by atoms with van der Waals surface area (Å²) in [5.41, 5.74) is 0. The normalized spacial score (nSPS) is 13.9. The molecule has 0 radical (unpaired) electrons. The molecule has 0 rings (SSSR count). The van der Waals surface area contributed by atoms with Crippen LogP contribution >= 0.6 is 15.9 Å². The van der Waals surface area contributed by atoms with Gasteiger partial charge in [0.15, 0.2) is 0 Å². The molecule has 0 amide bonds. The molecule has 2 heteroatoms. The van der Waals surface area contributed by atoms with Crippen molar-refractivity contribution in [3.05, 3.63) is 0 Å². The zero-order chi connectivity index (χ0) is 6.41. The molecule has 0 spiro atoms. The molecule has 0 bridgehead atoms. The van der Waals surface area contributed by atoms with Crippen LogP contribution in [0.1, 0.15) is 26.2 Å². The van der Waals surface area contributed by atoms with Gasteiger partial charge in [0, 0.05) is 5.33 Å². The molecule has 0 unspecified atom stereocenters. The molecule has 1 atom stereocenters. The van der Waals surface area contributed by atoms with E-state index in [-0.39, 0.29) is 6.10 Å². The summed E-state index contributed by atoms with van der Waals surface area (Å²) in [4.78, 5) is 0. The highest BCUT2D eigenvalue weighted by Crippen LogP contribution is 2.01. The van der Waals surface area contributed by atoms with Crippen molar-refractivity contribution in [2.24, 2.45) is 0 Å². The first-order chi connectivity index (χ1) is 3.81. The van der Waals surface area contributed by atoms with Crippen LogP contribution in [0.3, 0.4) is 0 Å². The predicted molar refractivity (Wildman–Crippen MR) is 39.3 cm³/mol. The number of alkyl halides is 1. The molecule has 1 N–H and O–H groups in total. The average molecular weight is 181 g/mol. The van der Waals surface area contributed by atoms with Crippen molar-refractivity contribution in [3.63, 3.8) is 0 Å². The maximum atomic E-state index is 8.94. The van der Waals surface area contributed by atoms with Gasteiger partial charge in [0.1, 0.15) is 0 Å². The van der Waals surface area contributed by atoms with E-state index in [9.17, 15) is 0 Å². The number of aliphatic hydroxyl groups is 1. The molecule has 0 fully saturated rings. The Hall–Kier alpha value is 0.440. The van der Waals surface area contributed by atoms with Gasteiger partial charge in [-0.2, -0.15) is 0 Å². The molecule has 0 aliphatic heterocycles. The molecule has 0 aromatic heterocycles. The minimum atomic E-state index is -0.130. The number of unbranched alkanes of at least 4 members (excludes halogenated alkanes) is 1. The lowest BCUT2D eigenvalue weighted by Crippen LogP contribution is -2.06. The Balaban J connectivity index is 2.86. The number of aliphatic hydroxyl groups excluding tert-OH is 1. The monoisotopic (exact) mass is 180 g/mol. The van der Waals surface area contributed by atoms with Gasteiger partial charge in [0.25, 0.3) is 0 Å². The molecule has 0 saturated heterocycles. The van der Waals surface area contributed by atoms with E-state index in [1.165, 1.54) is 6.42 Å². The maximum absolute atomic E-state index is 8.94. The standard InChI is InChI=1S/C6H13BrO/c1-2-3-4-6(8)5-7/h6,8H,2-5H2,1H3/t6-/m1/s1. The molecule has 0 saturated carbocycles. The predicted octanol–water partition coefficient (Wildman–Crippen LogP) is 1.93. The number of halogens is 1. The van der Waals surface area contributed by atoms with E-state index in [0.717, 1.165) is 12.8 Å². The van der Waals surface area contributed by atoms with E-state index in [2.05, 4.69) is 22.9 Å². The summed E-state index contributed by atoms with van der Waals surface area (Å²) in [5, 5.41) is 9.66. The average Bonchev–Trinajstić information content (AvgIpc) is 1.83. The van der Waals surface area contributed by atoms with E-state index in [1.54, 1.807) is 0 Å². The summed E-state index contributed by atoms with van der Waals surface area (Å²) in [6.45, 7) is 2.13. The number of hydrogen-bond acceptors (Lipinski definition) is 1. The maximum Gasteiger partial charge on any atom is 0.0637 e. The second kappa shape index (κ2) is 5.57. The second-order valence-electron chi connectivity index (χ2n) is 1.95. The molecule has 0 aliphatic rings. The van der Waals surface area contributed by atoms with Crippen LogP contribution in [0.5, 0.6) is 0 Å². The van der Waals surface area contributed by atoms with Crippen LogP contribution in [0.2, 0.25) is 0 Å². The van der Waals surface area contributed by atoms with Crippen molar-refractivity contribution in [2.45, 2.75) is 32.3 Å². The highest BCUT2D eigenvalue weighted by atomic mass is 79.9. The third-order valence-electron chi connectivity index (χ3n) is 1.07. The molecular weight excluding hydrogens is 168 g/mol. The smallest absolute Gasteiger partial charge is 0.0637 e. The van der Waals surface area contributed by atoms with Crippen molar-refractivity contribution < 1.29 is 5.11 Å². The topological polar surface area (TPSA) is 20.2 Å².